The number of amides is 1. The van der Waals surface area contributed by atoms with Gasteiger partial charge in [-0.2, -0.15) is 0 Å². The number of benzene rings is 1. The summed E-state index contributed by atoms with van der Waals surface area (Å²) in [5.41, 5.74) is 0.0452. The molecule has 1 unspecified atom stereocenters. The lowest BCUT2D eigenvalue weighted by Crippen LogP contribution is -2.52. The molecular weight excluding hydrogens is 314 g/mol. The number of nitro groups is 1. The molecule has 1 N–H and O–H groups in total. The molecule has 2 aliphatic rings. The fraction of sp³-hybridized carbons (Fsp3) is 0.562. The molecule has 130 valence electrons. The van der Waals surface area contributed by atoms with Gasteiger partial charge < -0.3 is 19.7 Å². The second-order valence-corrected chi connectivity index (χ2v) is 5.96. The number of rotatable bonds is 4. The highest BCUT2D eigenvalue weighted by Gasteiger charge is 2.30. The number of piperidine rings is 1. The molecule has 1 aromatic rings. The molecule has 2 saturated heterocycles. The first-order valence-corrected chi connectivity index (χ1v) is 8.16. The largest absolute Gasteiger partial charge is 0.490 e. The monoisotopic (exact) mass is 335 g/mol. The fourth-order valence-electron chi connectivity index (χ4n) is 2.96. The van der Waals surface area contributed by atoms with Crippen molar-refractivity contribution in [2.45, 2.75) is 25.0 Å². The minimum atomic E-state index is -0.434. The van der Waals surface area contributed by atoms with Gasteiger partial charge in [0.1, 0.15) is 18.0 Å². The Morgan fingerprint density at radius 2 is 2.00 bits per heavy atom. The number of ether oxygens (including phenoxy) is 2. The van der Waals surface area contributed by atoms with E-state index in [1.54, 1.807) is 12.1 Å². The molecule has 0 aliphatic carbocycles. The highest BCUT2D eigenvalue weighted by Crippen LogP contribution is 2.22. The summed E-state index contributed by atoms with van der Waals surface area (Å²) in [4.78, 5) is 24.4. The number of hydrogen-bond acceptors (Lipinski definition) is 6. The van der Waals surface area contributed by atoms with Crippen molar-refractivity contribution in [1.82, 2.24) is 10.2 Å². The zero-order valence-corrected chi connectivity index (χ0v) is 13.3. The number of nitro benzene ring substituents is 1. The van der Waals surface area contributed by atoms with Crippen LogP contribution in [0.5, 0.6) is 5.75 Å². The second kappa shape index (κ2) is 7.59. The van der Waals surface area contributed by atoms with Gasteiger partial charge in [-0.1, -0.05) is 0 Å². The lowest BCUT2D eigenvalue weighted by molar-refractivity contribution is -0.384. The third-order valence-electron chi connectivity index (χ3n) is 4.31. The standard InChI is InChI=1S/C16H21N3O5/c20-16(15-11-17-7-10-23-15)18-8-5-14(6-9-18)24-13-3-1-12(2-4-13)19(21)22/h1-4,14-15,17H,5-11H2. The Hall–Kier alpha value is -2.19. The van der Waals surface area contributed by atoms with E-state index >= 15 is 0 Å². The maximum Gasteiger partial charge on any atom is 0.269 e. The number of non-ortho nitro benzene ring substituents is 1. The van der Waals surface area contributed by atoms with Crippen LogP contribution in [0.4, 0.5) is 5.69 Å². The fourth-order valence-corrected chi connectivity index (χ4v) is 2.96. The van der Waals surface area contributed by atoms with E-state index in [0.29, 0.717) is 32.0 Å². The van der Waals surface area contributed by atoms with Crippen LogP contribution in [0.15, 0.2) is 24.3 Å². The SMILES string of the molecule is O=C(C1CNCCO1)N1CCC(Oc2ccc([N+](=O)[O-])cc2)CC1. The molecule has 2 fully saturated rings. The lowest BCUT2D eigenvalue weighted by Gasteiger charge is -2.35. The number of carbonyl (C=O) groups is 1. The molecule has 0 bridgehead atoms. The maximum absolute atomic E-state index is 12.4. The third-order valence-corrected chi connectivity index (χ3v) is 4.31. The van der Waals surface area contributed by atoms with E-state index in [-0.39, 0.29) is 23.8 Å². The molecule has 2 aliphatic heterocycles. The first-order chi connectivity index (χ1) is 11.6. The number of morpholine rings is 1. The van der Waals surface area contributed by atoms with Gasteiger partial charge in [0.2, 0.25) is 0 Å². The van der Waals surface area contributed by atoms with E-state index < -0.39 is 4.92 Å². The van der Waals surface area contributed by atoms with E-state index in [4.69, 9.17) is 9.47 Å². The van der Waals surface area contributed by atoms with Crippen LogP contribution in [0.3, 0.4) is 0 Å². The molecule has 0 spiro atoms. The Morgan fingerprint density at radius 3 is 2.58 bits per heavy atom. The number of carbonyl (C=O) groups excluding carboxylic acids is 1. The van der Waals surface area contributed by atoms with Crippen molar-refractivity contribution >= 4 is 11.6 Å². The lowest BCUT2D eigenvalue weighted by atomic mass is 10.1. The average Bonchev–Trinajstić information content (AvgIpc) is 2.63. The van der Waals surface area contributed by atoms with Crippen molar-refractivity contribution in [3.63, 3.8) is 0 Å². The average molecular weight is 335 g/mol. The van der Waals surface area contributed by atoms with Crippen LogP contribution in [0.2, 0.25) is 0 Å². The Bertz CT molecular complexity index is 578. The summed E-state index contributed by atoms with van der Waals surface area (Å²) in [5, 5.41) is 13.8. The Kier molecular flexibility index (Phi) is 5.27. The summed E-state index contributed by atoms with van der Waals surface area (Å²) in [6, 6.07) is 6.08. The van der Waals surface area contributed by atoms with Crippen LogP contribution >= 0.6 is 0 Å². The Balaban J connectivity index is 1.48. The molecule has 24 heavy (non-hydrogen) atoms. The van der Waals surface area contributed by atoms with Gasteiger partial charge in [-0.15, -0.1) is 0 Å². The summed E-state index contributed by atoms with van der Waals surface area (Å²) in [7, 11) is 0. The molecule has 0 saturated carbocycles. The smallest absolute Gasteiger partial charge is 0.269 e. The highest BCUT2D eigenvalue weighted by atomic mass is 16.6. The highest BCUT2D eigenvalue weighted by molar-refractivity contribution is 5.81. The molecular formula is C16H21N3O5. The van der Waals surface area contributed by atoms with Gasteiger partial charge in [0.25, 0.3) is 11.6 Å². The van der Waals surface area contributed by atoms with Crippen molar-refractivity contribution in [1.29, 1.82) is 0 Å². The predicted octanol–water partition coefficient (Wildman–Crippen LogP) is 0.953. The minimum absolute atomic E-state index is 0.0147. The molecule has 0 aromatic heterocycles. The van der Waals surface area contributed by atoms with Gasteiger partial charge >= 0.3 is 0 Å². The summed E-state index contributed by atoms with van der Waals surface area (Å²) in [5.74, 6) is 0.654. The quantitative estimate of drug-likeness (QED) is 0.650. The molecule has 1 aromatic carbocycles. The van der Waals surface area contributed by atoms with E-state index in [2.05, 4.69) is 5.32 Å². The summed E-state index contributed by atoms with van der Waals surface area (Å²) >= 11 is 0. The predicted molar refractivity (Wildman–Crippen MR) is 85.9 cm³/mol. The van der Waals surface area contributed by atoms with Crippen LogP contribution in [0, 0.1) is 10.1 Å². The minimum Gasteiger partial charge on any atom is -0.490 e. The first-order valence-electron chi connectivity index (χ1n) is 8.16. The number of nitrogens with one attached hydrogen (secondary N) is 1. The van der Waals surface area contributed by atoms with Crippen LogP contribution in [-0.4, -0.2) is 60.7 Å². The van der Waals surface area contributed by atoms with Crippen molar-refractivity contribution in [3.05, 3.63) is 34.4 Å². The van der Waals surface area contributed by atoms with Crippen LogP contribution in [0.25, 0.3) is 0 Å². The van der Waals surface area contributed by atoms with Gasteiger partial charge in [0.15, 0.2) is 0 Å². The zero-order valence-electron chi connectivity index (χ0n) is 13.3. The van der Waals surface area contributed by atoms with E-state index in [9.17, 15) is 14.9 Å². The number of likely N-dealkylation sites (tertiary alicyclic amines) is 1. The molecule has 1 amide bonds. The molecule has 3 rings (SSSR count). The zero-order chi connectivity index (χ0) is 16.9. The topological polar surface area (TPSA) is 93.9 Å². The second-order valence-electron chi connectivity index (χ2n) is 5.96. The summed E-state index contributed by atoms with van der Waals surface area (Å²) < 4.78 is 11.4. The van der Waals surface area contributed by atoms with E-state index in [1.807, 2.05) is 4.90 Å². The molecule has 8 nitrogen and oxygen atoms in total. The van der Waals surface area contributed by atoms with Crippen molar-refractivity contribution in [3.8, 4) is 5.75 Å². The molecule has 8 heteroatoms. The molecule has 1 atom stereocenters. The number of hydrogen-bond donors (Lipinski definition) is 1. The third kappa shape index (κ3) is 4.01. The molecule has 0 radical (unpaired) electrons. The maximum atomic E-state index is 12.4. The number of nitrogens with zero attached hydrogens (tertiary/aromatic N) is 2. The van der Waals surface area contributed by atoms with Crippen LogP contribution in [0.1, 0.15) is 12.8 Å². The van der Waals surface area contributed by atoms with Gasteiger partial charge in [-0.3, -0.25) is 14.9 Å². The first kappa shape index (κ1) is 16.7. The summed E-state index contributed by atoms with van der Waals surface area (Å²) in [6.07, 6.45) is 1.11. The van der Waals surface area contributed by atoms with Crippen LogP contribution < -0.4 is 10.1 Å². The van der Waals surface area contributed by atoms with Gasteiger partial charge in [-0.05, 0) is 12.1 Å². The van der Waals surface area contributed by atoms with E-state index in [1.165, 1.54) is 12.1 Å². The van der Waals surface area contributed by atoms with Gasteiger partial charge in [0, 0.05) is 51.2 Å². The van der Waals surface area contributed by atoms with Crippen molar-refractivity contribution in [2.75, 3.05) is 32.8 Å². The van der Waals surface area contributed by atoms with Gasteiger partial charge in [-0.25, -0.2) is 0 Å². The normalized spacial score (nSPS) is 22.2. The van der Waals surface area contributed by atoms with Crippen molar-refractivity contribution < 1.29 is 19.2 Å². The van der Waals surface area contributed by atoms with Crippen LogP contribution in [-0.2, 0) is 9.53 Å². The Labute approximate surface area is 139 Å². The Morgan fingerprint density at radius 1 is 1.29 bits per heavy atom. The van der Waals surface area contributed by atoms with Gasteiger partial charge in [0.05, 0.1) is 11.5 Å². The van der Waals surface area contributed by atoms with Crippen molar-refractivity contribution in [2.24, 2.45) is 0 Å². The molecule has 2 heterocycles. The van der Waals surface area contributed by atoms with E-state index in [0.717, 1.165) is 19.4 Å². The summed E-state index contributed by atoms with van der Waals surface area (Å²) in [6.45, 7) is 3.19.